The molecule has 0 atom stereocenters. The van der Waals surface area contributed by atoms with E-state index in [-0.39, 0.29) is 23.4 Å². The number of nitrogens with one attached hydrogen (secondary N) is 1. The monoisotopic (exact) mass is 211 g/mol. The minimum absolute atomic E-state index is 0.0394. The topological polar surface area (TPSA) is 46.2 Å². The van der Waals surface area contributed by atoms with Crippen molar-refractivity contribution >= 4 is 11.6 Å². The van der Waals surface area contributed by atoms with Crippen LogP contribution in [0.3, 0.4) is 0 Å². The lowest BCUT2D eigenvalue weighted by Crippen LogP contribution is -2.42. The van der Waals surface area contributed by atoms with Crippen molar-refractivity contribution in [2.45, 2.75) is 46.0 Å². The molecule has 0 aromatic rings. The lowest BCUT2D eigenvalue weighted by atomic mass is 9.67. The van der Waals surface area contributed by atoms with Gasteiger partial charge >= 0.3 is 0 Å². The molecule has 1 spiro atoms. The molecule has 2 rings (SSSR count). The highest BCUT2D eigenvalue weighted by atomic mass is 16.1. The highest BCUT2D eigenvalue weighted by molar-refractivity contribution is 6.02. The second kappa shape index (κ2) is 5.40. The lowest BCUT2D eigenvalue weighted by molar-refractivity contribution is -0.135. The van der Waals surface area contributed by atoms with Crippen LogP contribution in [0.25, 0.3) is 0 Å². The molecule has 1 N–H and O–H groups in total. The Morgan fingerprint density at radius 2 is 1.47 bits per heavy atom. The molecule has 2 aliphatic rings. The van der Waals surface area contributed by atoms with Crippen molar-refractivity contribution < 1.29 is 9.59 Å². The maximum atomic E-state index is 11.3. The van der Waals surface area contributed by atoms with Crippen LogP contribution in [0, 0.1) is 5.41 Å². The normalized spacial score (nSPS) is 24.7. The summed E-state index contributed by atoms with van der Waals surface area (Å²) in [6.45, 7) is 5.92. The number of piperidine rings is 1. The minimum atomic E-state index is 0.0394. The second-order valence-electron chi connectivity index (χ2n) is 4.36. The van der Waals surface area contributed by atoms with E-state index < -0.39 is 0 Å². The Morgan fingerprint density at radius 3 is 1.93 bits per heavy atom. The fourth-order valence-corrected chi connectivity index (χ4v) is 2.55. The van der Waals surface area contributed by atoms with Crippen molar-refractivity contribution in [3.05, 3.63) is 0 Å². The summed E-state index contributed by atoms with van der Waals surface area (Å²) in [6.07, 6.45) is 3.45. The molecule has 0 unspecified atom stereocenters. The molecule has 1 saturated carbocycles. The van der Waals surface area contributed by atoms with E-state index in [2.05, 4.69) is 5.32 Å². The molecular weight excluding hydrogens is 190 g/mol. The average molecular weight is 211 g/mol. The number of hydrogen-bond acceptors (Lipinski definition) is 3. The van der Waals surface area contributed by atoms with E-state index in [0.29, 0.717) is 12.8 Å². The van der Waals surface area contributed by atoms with Gasteiger partial charge in [-0.25, -0.2) is 0 Å². The first-order valence-corrected chi connectivity index (χ1v) is 5.94. The van der Waals surface area contributed by atoms with Crippen LogP contribution in [0.4, 0.5) is 0 Å². The smallest absolute Gasteiger partial charge is 0.140 e. The van der Waals surface area contributed by atoms with Crippen molar-refractivity contribution in [3.63, 3.8) is 0 Å². The molecule has 15 heavy (non-hydrogen) atoms. The van der Waals surface area contributed by atoms with E-state index in [0.717, 1.165) is 25.9 Å². The molecule has 1 heterocycles. The van der Waals surface area contributed by atoms with Gasteiger partial charge < -0.3 is 5.32 Å². The largest absolute Gasteiger partial charge is 0.317 e. The zero-order valence-corrected chi connectivity index (χ0v) is 9.77. The molecular formula is C12H21NO2. The van der Waals surface area contributed by atoms with E-state index in [1.54, 1.807) is 0 Å². The molecule has 1 aliphatic carbocycles. The Hall–Kier alpha value is -0.700. The molecule has 0 aromatic carbocycles. The van der Waals surface area contributed by atoms with E-state index in [9.17, 15) is 9.59 Å². The number of rotatable bonds is 0. The van der Waals surface area contributed by atoms with Crippen LogP contribution in [-0.4, -0.2) is 24.7 Å². The van der Waals surface area contributed by atoms with Crippen LogP contribution in [0.1, 0.15) is 46.0 Å². The van der Waals surface area contributed by atoms with Gasteiger partial charge in [0, 0.05) is 12.8 Å². The van der Waals surface area contributed by atoms with E-state index in [1.165, 1.54) is 0 Å². The summed E-state index contributed by atoms with van der Waals surface area (Å²) in [7, 11) is 0. The Kier molecular flexibility index (Phi) is 4.45. The van der Waals surface area contributed by atoms with Gasteiger partial charge in [-0.05, 0) is 31.3 Å². The van der Waals surface area contributed by atoms with Gasteiger partial charge in [-0.2, -0.15) is 0 Å². The van der Waals surface area contributed by atoms with Crippen molar-refractivity contribution in [3.8, 4) is 0 Å². The molecule has 0 amide bonds. The van der Waals surface area contributed by atoms with Crippen LogP contribution < -0.4 is 5.32 Å². The molecule has 2 fully saturated rings. The molecule has 0 aromatic heterocycles. The maximum Gasteiger partial charge on any atom is 0.140 e. The molecule has 1 aliphatic heterocycles. The van der Waals surface area contributed by atoms with Crippen LogP contribution in [0.2, 0.25) is 0 Å². The number of ketones is 2. The van der Waals surface area contributed by atoms with E-state index >= 15 is 0 Å². The standard InChI is InChI=1S/C10H15NO2.C2H6/c12-8-5-9(13)7-10(6-8)1-3-11-4-2-10;1-2/h11H,1-7H2;1-2H3. The predicted molar refractivity (Wildman–Crippen MR) is 59.7 cm³/mol. The molecule has 0 radical (unpaired) electrons. The van der Waals surface area contributed by atoms with Gasteiger partial charge in [-0.15, -0.1) is 0 Å². The number of carbonyl (C=O) groups is 2. The van der Waals surface area contributed by atoms with E-state index in [4.69, 9.17) is 0 Å². The first kappa shape index (κ1) is 12.4. The summed E-state index contributed by atoms with van der Waals surface area (Å²) in [5.41, 5.74) is 0.0394. The van der Waals surface area contributed by atoms with Crippen LogP contribution in [0.5, 0.6) is 0 Å². The Balaban J connectivity index is 0.000000531. The van der Waals surface area contributed by atoms with Crippen molar-refractivity contribution in [2.24, 2.45) is 5.41 Å². The van der Waals surface area contributed by atoms with Crippen LogP contribution >= 0.6 is 0 Å². The SMILES string of the molecule is CC.O=C1CC(=O)CC2(CCNCC2)C1. The summed E-state index contributed by atoms with van der Waals surface area (Å²) in [5, 5.41) is 3.26. The highest BCUT2D eigenvalue weighted by Gasteiger charge is 2.39. The Bertz CT molecular complexity index is 224. The summed E-state index contributed by atoms with van der Waals surface area (Å²) in [4.78, 5) is 22.6. The molecule has 3 nitrogen and oxygen atoms in total. The fraction of sp³-hybridized carbons (Fsp3) is 0.833. The quantitative estimate of drug-likeness (QED) is 0.620. The second-order valence-corrected chi connectivity index (χ2v) is 4.36. The van der Waals surface area contributed by atoms with Crippen LogP contribution in [0.15, 0.2) is 0 Å². The minimum Gasteiger partial charge on any atom is -0.317 e. The Morgan fingerprint density at radius 1 is 1.00 bits per heavy atom. The highest BCUT2D eigenvalue weighted by Crippen LogP contribution is 2.40. The van der Waals surface area contributed by atoms with Gasteiger partial charge in [0.1, 0.15) is 11.6 Å². The molecule has 86 valence electrons. The third kappa shape index (κ3) is 3.13. The Labute approximate surface area is 91.6 Å². The fourth-order valence-electron chi connectivity index (χ4n) is 2.55. The third-order valence-corrected chi connectivity index (χ3v) is 3.20. The number of carbonyl (C=O) groups excluding carboxylic acids is 2. The van der Waals surface area contributed by atoms with Gasteiger partial charge in [0.25, 0.3) is 0 Å². The summed E-state index contributed by atoms with van der Waals surface area (Å²) in [6, 6.07) is 0. The third-order valence-electron chi connectivity index (χ3n) is 3.20. The van der Waals surface area contributed by atoms with Crippen molar-refractivity contribution in [1.29, 1.82) is 0 Å². The van der Waals surface area contributed by atoms with Crippen LogP contribution in [-0.2, 0) is 9.59 Å². The molecule has 1 saturated heterocycles. The molecule has 0 bridgehead atoms. The molecule has 3 heteroatoms. The maximum absolute atomic E-state index is 11.3. The van der Waals surface area contributed by atoms with Gasteiger partial charge in [0.05, 0.1) is 6.42 Å². The van der Waals surface area contributed by atoms with Gasteiger partial charge in [-0.1, -0.05) is 13.8 Å². The van der Waals surface area contributed by atoms with E-state index in [1.807, 2.05) is 13.8 Å². The zero-order chi connectivity index (χ0) is 11.3. The van der Waals surface area contributed by atoms with Gasteiger partial charge in [-0.3, -0.25) is 9.59 Å². The summed E-state index contributed by atoms with van der Waals surface area (Å²) >= 11 is 0. The van der Waals surface area contributed by atoms with Crippen molar-refractivity contribution in [1.82, 2.24) is 5.32 Å². The number of hydrogen-bond donors (Lipinski definition) is 1. The van der Waals surface area contributed by atoms with Gasteiger partial charge in [0.15, 0.2) is 0 Å². The summed E-state index contributed by atoms with van der Waals surface area (Å²) in [5.74, 6) is 0.302. The summed E-state index contributed by atoms with van der Waals surface area (Å²) < 4.78 is 0. The number of Topliss-reactive ketones (excluding diaryl/α,β-unsaturated/α-hetero) is 2. The predicted octanol–water partition coefficient (Wildman–Crippen LogP) is 1.70. The van der Waals surface area contributed by atoms with Crippen molar-refractivity contribution in [2.75, 3.05) is 13.1 Å². The lowest BCUT2D eigenvalue weighted by Gasteiger charge is -2.39. The average Bonchev–Trinajstić information content (AvgIpc) is 2.19. The van der Waals surface area contributed by atoms with Gasteiger partial charge in [0.2, 0.25) is 0 Å². The first-order valence-electron chi connectivity index (χ1n) is 5.94. The first-order chi connectivity index (χ1) is 7.20. The zero-order valence-electron chi connectivity index (χ0n) is 9.77.